The zero-order valence-electron chi connectivity index (χ0n) is 18.3. The van der Waals surface area contributed by atoms with Crippen molar-refractivity contribution in [2.45, 2.75) is 45.4 Å². The van der Waals surface area contributed by atoms with E-state index in [4.69, 9.17) is 14.2 Å². The standard InChI is InChI=1S/C23H31N3O3.HI/c1-6-28-21-13-16(11-12-20(21)27-5)15-25-22(24-4)26-18-14-23(2,3)29-19-10-8-7-9-17(18)19;/h7-13,18H,6,14-15H2,1-5H3,(H2,24,25,26);1H. The van der Waals surface area contributed by atoms with Gasteiger partial charge in [-0.05, 0) is 44.5 Å². The van der Waals surface area contributed by atoms with Gasteiger partial charge in [0.05, 0.1) is 19.8 Å². The summed E-state index contributed by atoms with van der Waals surface area (Å²) in [6, 6.07) is 14.2. The number of methoxy groups -OCH3 is 1. The van der Waals surface area contributed by atoms with Gasteiger partial charge in [0.2, 0.25) is 0 Å². The fourth-order valence-electron chi connectivity index (χ4n) is 3.58. The highest BCUT2D eigenvalue weighted by atomic mass is 127. The van der Waals surface area contributed by atoms with E-state index >= 15 is 0 Å². The van der Waals surface area contributed by atoms with Gasteiger partial charge in [0.1, 0.15) is 11.4 Å². The second-order valence-electron chi connectivity index (χ2n) is 7.64. The Kier molecular flexibility index (Phi) is 8.64. The van der Waals surface area contributed by atoms with Crippen molar-refractivity contribution in [2.24, 2.45) is 4.99 Å². The molecule has 2 aromatic carbocycles. The van der Waals surface area contributed by atoms with E-state index in [9.17, 15) is 0 Å². The number of guanidine groups is 1. The van der Waals surface area contributed by atoms with Gasteiger partial charge in [-0.1, -0.05) is 24.3 Å². The number of hydrogen-bond donors (Lipinski definition) is 2. The zero-order valence-corrected chi connectivity index (χ0v) is 20.7. The van der Waals surface area contributed by atoms with Crippen LogP contribution in [-0.2, 0) is 6.54 Å². The summed E-state index contributed by atoms with van der Waals surface area (Å²) in [5, 5.41) is 6.95. The molecule has 0 radical (unpaired) electrons. The van der Waals surface area contributed by atoms with E-state index in [-0.39, 0.29) is 35.6 Å². The van der Waals surface area contributed by atoms with Crippen LogP contribution in [0.3, 0.4) is 0 Å². The number of benzene rings is 2. The Hall–Kier alpha value is -2.16. The number of para-hydroxylation sites is 1. The quantitative estimate of drug-likeness (QED) is 0.326. The van der Waals surface area contributed by atoms with E-state index in [1.165, 1.54) is 0 Å². The Balaban J connectivity index is 0.00000320. The van der Waals surface area contributed by atoms with E-state index < -0.39 is 0 Å². The van der Waals surface area contributed by atoms with E-state index in [2.05, 4.69) is 35.5 Å². The average Bonchev–Trinajstić information content (AvgIpc) is 2.70. The number of hydrogen-bond acceptors (Lipinski definition) is 4. The molecule has 164 valence electrons. The highest BCUT2D eigenvalue weighted by molar-refractivity contribution is 14.0. The molecule has 3 rings (SSSR count). The normalized spacial score (nSPS) is 17.1. The van der Waals surface area contributed by atoms with Crippen molar-refractivity contribution >= 4 is 29.9 Å². The van der Waals surface area contributed by atoms with Crippen molar-refractivity contribution in [2.75, 3.05) is 20.8 Å². The van der Waals surface area contributed by atoms with Gasteiger partial charge >= 0.3 is 0 Å². The number of fused-ring (bicyclic) bond motifs is 1. The molecule has 0 spiro atoms. The lowest BCUT2D eigenvalue weighted by molar-refractivity contribution is 0.0694. The molecule has 0 aliphatic carbocycles. The van der Waals surface area contributed by atoms with Gasteiger partial charge < -0.3 is 24.8 Å². The molecule has 0 fully saturated rings. The van der Waals surface area contributed by atoms with Crippen LogP contribution in [0.4, 0.5) is 0 Å². The van der Waals surface area contributed by atoms with Crippen molar-refractivity contribution in [3.05, 3.63) is 53.6 Å². The molecular weight excluding hydrogens is 493 g/mol. The van der Waals surface area contributed by atoms with Crippen LogP contribution in [0.1, 0.15) is 44.4 Å². The van der Waals surface area contributed by atoms with E-state index in [1.807, 2.05) is 43.3 Å². The largest absolute Gasteiger partial charge is 0.493 e. The van der Waals surface area contributed by atoms with Crippen LogP contribution < -0.4 is 24.8 Å². The first-order chi connectivity index (χ1) is 14.0. The summed E-state index contributed by atoms with van der Waals surface area (Å²) in [5.41, 5.74) is 2.00. The lowest BCUT2D eigenvalue weighted by Crippen LogP contribution is -2.45. The van der Waals surface area contributed by atoms with Crippen LogP contribution in [0.15, 0.2) is 47.5 Å². The minimum atomic E-state index is -0.243. The van der Waals surface area contributed by atoms with Crippen LogP contribution in [0, 0.1) is 0 Å². The summed E-state index contributed by atoms with van der Waals surface area (Å²) in [6.45, 7) is 7.40. The van der Waals surface area contributed by atoms with Crippen LogP contribution in [0.5, 0.6) is 17.2 Å². The molecule has 0 saturated heterocycles. The molecule has 30 heavy (non-hydrogen) atoms. The molecule has 1 unspecified atom stereocenters. The Bertz CT molecular complexity index is 871. The Morgan fingerprint density at radius 2 is 1.97 bits per heavy atom. The third kappa shape index (κ3) is 5.93. The molecule has 1 aliphatic heterocycles. The average molecular weight is 525 g/mol. The minimum Gasteiger partial charge on any atom is -0.493 e. The van der Waals surface area contributed by atoms with Crippen molar-refractivity contribution in [1.82, 2.24) is 10.6 Å². The van der Waals surface area contributed by atoms with E-state index in [1.54, 1.807) is 14.2 Å². The summed E-state index contributed by atoms with van der Waals surface area (Å²) in [5.74, 6) is 3.15. The molecular formula is C23H32IN3O3. The smallest absolute Gasteiger partial charge is 0.191 e. The summed E-state index contributed by atoms with van der Waals surface area (Å²) in [6.07, 6.45) is 0.849. The topological polar surface area (TPSA) is 64.1 Å². The molecule has 0 amide bonds. The monoisotopic (exact) mass is 525 g/mol. The van der Waals surface area contributed by atoms with Gasteiger partial charge in [0.25, 0.3) is 0 Å². The van der Waals surface area contributed by atoms with E-state index in [0.29, 0.717) is 13.2 Å². The lowest BCUT2D eigenvalue weighted by Gasteiger charge is -2.38. The first-order valence-electron chi connectivity index (χ1n) is 10.0. The van der Waals surface area contributed by atoms with Crippen LogP contribution in [0.25, 0.3) is 0 Å². The molecule has 1 heterocycles. The van der Waals surface area contributed by atoms with Crippen molar-refractivity contribution < 1.29 is 14.2 Å². The molecule has 2 N–H and O–H groups in total. The lowest BCUT2D eigenvalue weighted by atomic mass is 9.90. The third-order valence-electron chi connectivity index (χ3n) is 4.90. The maximum atomic E-state index is 6.13. The summed E-state index contributed by atoms with van der Waals surface area (Å²) < 4.78 is 17.2. The second kappa shape index (κ2) is 10.7. The maximum absolute atomic E-state index is 6.13. The van der Waals surface area contributed by atoms with Gasteiger partial charge in [-0.25, -0.2) is 0 Å². The summed E-state index contributed by atoms with van der Waals surface area (Å²) >= 11 is 0. The maximum Gasteiger partial charge on any atom is 0.191 e. The van der Waals surface area contributed by atoms with Crippen LogP contribution in [-0.4, -0.2) is 32.3 Å². The number of aliphatic imine (C=N–C) groups is 1. The predicted molar refractivity (Wildman–Crippen MR) is 131 cm³/mol. The summed E-state index contributed by atoms with van der Waals surface area (Å²) in [4.78, 5) is 4.41. The van der Waals surface area contributed by atoms with Gasteiger partial charge in [-0.15, -0.1) is 24.0 Å². The Labute approximate surface area is 196 Å². The van der Waals surface area contributed by atoms with Gasteiger partial charge in [0, 0.05) is 25.6 Å². The second-order valence-corrected chi connectivity index (χ2v) is 7.64. The molecule has 1 atom stereocenters. The first kappa shape index (κ1) is 24.1. The van der Waals surface area contributed by atoms with Gasteiger partial charge in [-0.3, -0.25) is 4.99 Å². The van der Waals surface area contributed by atoms with Gasteiger partial charge in [-0.2, -0.15) is 0 Å². The van der Waals surface area contributed by atoms with Crippen LogP contribution in [0.2, 0.25) is 0 Å². The van der Waals surface area contributed by atoms with E-state index in [0.717, 1.165) is 40.8 Å². The molecule has 2 aromatic rings. The fourth-order valence-corrected chi connectivity index (χ4v) is 3.58. The number of rotatable bonds is 6. The van der Waals surface area contributed by atoms with Crippen LogP contribution >= 0.6 is 24.0 Å². The highest BCUT2D eigenvalue weighted by Gasteiger charge is 2.33. The number of halogens is 1. The van der Waals surface area contributed by atoms with Gasteiger partial charge in [0.15, 0.2) is 17.5 Å². The van der Waals surface area contributed by atoms with Crippen molar-refractivity contribution in [3.8, 4) is 17.2 Å². The molecule has 0 aromatic heterocycles. The van der Waals surface area contributed by atoms with Crippen molar-refractivity contribution in [3.63, 3.8) is 0 Å². The Morgan fingerprint density at radius 3 is 2.67 bits per heavy atom. The number of ether oxygens (including phenoxy) is 3. The minimum absolute atomic E-state index is 0. The zero-order chi connectivity index (χ0) is 20.9. The Morgan fingerprint density at radius 1 is 1.20 bits per heavy atom. The molecule has 0 saturated carbocycles. The third-order valence-corrected chi connectivity index (χ3v) is 4.90. The fraction of sp³-hybridized carbons (Fsp3) is 0.435. The summed E-state index contributed by atoms with van der Waals surface area (Å²) in [7, 11) is 3.43. The number of nitrogens with zero attached hydrogens (tertiary/aromatic N) is 1. The van der Waals surface area contributed by atoms with Crippen molar-refractivity contribution in [1.29, 1.82) is 0 Å². The SMILES string of the molecule is CCOc1cc(CNC(=NC)NC2CC(C)(C)Oc3ccccc32)ccc1OC.I. The molecule has 1 aliphatic rings. The molecule has 7 heteroatoms. The molecule has 6 nitrogen and oxygen atoms in total. The molecule has 0 bridgehead atoms. The highest BCUT2D eigenvalue weighted by Crippen LogP contribution is 2.39. The number of nitrogens with one attached hydrogen (secondary N) is 2. The predicted octanol–water partition coefficient (Wildman–Crippen LogP) is 4.68. The first-order valence-corrected chi connectivity index (χ1v) is 10.0.